The normalized spacial score (nSPS) is 12.4. The number of benzene rings is 2. The second kappa shape index (κ2) is 10.2. The topological polar surface area (TPSA) is 84.5 Å². The maximum absolute atomic E-state index is 12.9. The maximum atomic E-state index is 12.9. The van der Waals surface area contributed by atoms with Crippen molar-refractivity contribution in [3.05, 3.63) is 59.7 Å². The Morgan fingerprint density at radius 1 is 1.11 bits per heavy atom. The van der Waals surface area contributed by atoms with Crippen molar-refractivity contribution in [1.29, 1.82) is 0 Å². The fraction of sp³-hybridized carbons (Fsp3) is 0.381. The smallest absolute Gasteiger partial charge is 0.241 e. The molecule has 2 N–H and O–H groups in total. The molecule has 0 saturated heterocycles. The lowest BCUT2D eigenvalue weighted by Gasteiger charge is -2.19. The summed E-state index contributed by atoms with van der Waals surface area (Å²) in [5, 5.41) is 2.78. The number of hydrogen-bond acceptors (Lipinski definition) is 4. The van der Waals surface area contributed by atoms with Crippen molar-refractivity contribution in [1.82, 2.24) is 10.0 Å². The number of carbonyl (C=O) groups is 1. The molecule has 0 aliphatic rings. The number of carbonyl (C=O) groups excluding carboxylic acids is 1. The van der Waals surface area contributed by atoms with E-state index in [4.69, 9.17) is 4.74 Å². The summed E-state index contributed by atoms with van der Waals surface area (Å²) in [6.45, 7) is 6.60. The third kappa shape index (κ3) is 6.07. The van der Waals surface area contributed by atoms with Gasteiger partial charge in [-0.15, -0.1) is 0 Å². The molecule has 0 heterocycles. The maximum Gasteiger partial charge on any atom is 0.241 e. The van der Waals surface area contributed by atoms with Crippen LogP contribution in [0.3, 0.4) is 0 Å². The van der Waals surface area contributed by atoms with E-state index in [9.17, 15) is 13.2 Å². The van der Waals surface area contributed by atoms with E-state index in [0.29, 0.717) is 18.9 Å². The molecule has 0 spiro atoms. The molecule has 0 aliphatic heterocycles. The largest absolute Gasteiger partial charge is 0.494 e. The first kappa shape index (κ1) is 21.9. The quantitative estimate of drug-likeness (QED) is 0.638. The lowest BCUT2D eigenvalue weighted by Crippen LogP contribution is -2.48. The molecule has 0 bridgehead atoms. The van der Waals surface area contributed by atoms with Crippen LogP contribution in [0.25, 0.3) is 0 Å². The van der Waals surface area contributed by atoms with Gasteiger partial charge >= 0.3 is 0 Å². The van der Waals surface area contributed by atoms with Crippen molar-refractivity contribution in [3.63, 3.8) is 0 Å². The van der Waals surface area contributed by atoms with E-state index in [-0.39, 0.29) is 17.2 Å². The molecular weight excluding hydrogens is 376 g/mol. The molecule has 0 radical (unpaired) electrons. The SMILES string of the molecule is CCCNC(=O)[C@H](Cc1ccccc1)NS(=O)(=O)c1ccc(OCC)c(C)c1. The van der Waals surface area contributed by atoms with E-state index >= 15 is 0 Å². The zero-order valence-electron chi connectivity index (χ0n) is 16.6. The standard InChI is InChI=1S/C21H28N2O4S/c1-4-13-22-21(24)19(15-17-9-7-6-8-10-17)23-28(25,26)18-11-12-20(27-5-2)16(3)14-18/h6-12,14,19,23H,4-5,13,15H2,1-3H3,(H,22,24)/t19-/m0/s1. The molecule has 7 heteroatoms. The fourth-order valence-electron chi connectivity index (χ4n) is 2.77. The predicted octanol–water partition coefficient (Wildman–Crippen LogP) is 2.81. The average molecular weight is 405 g/mol. The summed E-state index contributed by atoms with van der Waals surface area (Å²) in [4.78, 5) is 12.7. The Labute approximate surface area is 167 Å². The van der Waals surface area contributed by atoms with Crippen molar-refractivity contribution in [2.75, 3.05) is 13.2 Å². The van der Waals surface area contributed by atoms with E-state index in [2.05, 4.69) is 10.0 Å². The van der Waals surface area contributed by atoms with Crippen LogP contribution in [0.1, 0.15) is 31.4 Å². The molecule has 0 unspecified atom stereocenters. The van der Waals surface area contributed by atoms with Crippen LogP contribution in [-0.2, 0) is 21.2 Å². The molecule has 28 heavy (non-hydrogen) atoms. The van der Waals surface area contributed by atoms with E-state index < -0.39 is 16.1 Å². The molecule has 1 amide bonds. The second-order valence-corrected chi connectivity index (χ2v) is 8.23. The lowest BCUT2D eigenvalue weighted by atomic mass is 10.1. The Kier molecular flexibility index (Phi) is 8.02. The number of nitrogens with one attached hydrogen (secondary N) is 2. The van der Waals surface area contributed by atoms with Crippen LogP contribution in [0.15, 0.2) is 53.4 Å². The summed E-state index contributed by atoms with van der Waals surface area (Å²) in [5.74, 6) is 0.305. The first-order chi connectivity index (χ1) is 13.4. The van der Waals surface area contributed by atoms with Gasteiger partial charge < -0.3 is 10.1 Å². The van der Waals surface area contributed by atoms with Crippen molar-refractivity contribution in [2.45, 2.75) is 44.6 Å². The summed E-state index contributed by atoms with van der Waals surface area (Å²) in [6.07, 6.45) is 1.04. The highest BCUT2D eigenvalue weighted by atomic mass is 32.2. The second-order valence-electron chi connectivity index (χ2n) is 6.51. The molecular formula is C21H28N2O4S. The zero-order valence-corrected chi connectivity index (χ0v) is 17.4. The highest BCUT2D eigenvalue weighted by Crippen LogP contribution is 2.22. The molecule has 2 aromatic rings. The van der Waals surface area contributed by atoms with Gasteiger partial charge in [0.2, 0.25) is 15.9 Å². The first-order valence-corrected chi connectivity index (χ1v) is 10.9. The van der Waals surface area contributed by atoms with Crippen LogP contribution in [-0.4, -0.2) is 33.5 Å². The van der Waals surface area contributed by atoms with Gasteiger partial charge in [0, 0.05) is 6.54 Å². The zero-order chi connectivity index (χ0) is 20.6. The number of ether oxygens (including phenoxy) is 1. The number of amides is 1. The van der Waals surface area contributed by atoms with Crippen molar-refractivity contribution in [2.24, 2.45) is 0 Å². The summed E-state index contributed by atoms with van der Waals surface area (Å²) in [7, 11) is -3.87. The van der Waals surface area contributed by atoms with Gasteiger partial charge in [0.05, 0.1) is 11.5 Å². The third-order valence-corrected chi connectivity index (χ3v) is 5.67. The summed E-state index contributed by atoms with van der Waals surface area (Å²) >= 11 is 0. The Morgan fingerprint density at radius 2 is 1.82 bits per heavy atom. The Balaban J connectivity index is 2.25. The molecule has 0 aliphatic carbocycles. The number of sulfonamides is 1. The van der Waals surface area contributed by atoms with Gasteiger partial charge in [-0.05, 0) is 56.0 Å². The Bertz CT molecular complexity index is 883. The van der Waals surface area contributed by atoms with Gasteiger partial charge in [0.1, 0.15) is 11.8 Å². The van der Waals surface area contributed by atoms with Crippen LogP contribution in [0, 0.1) is 6.92 Å². The third-order valence-electron chi connectivity index (χ3n) is 4.20. The minimum atomic E-state index is -3.87. The van der Waals surface area contributed by atoms with Crippen LogP contribution in [0.2, 0.25) is 0 Å². The molecule has 152 valence electrons. The van der Waals surface area contributed by atoms with Crippen LogP contribution in [0.5, 0.6) is 5.75 Å². The highest BCUT2D eigenvalue weighted by Gasteiger charge is 2.26. The van der Waals surface area contributed by atoms with Crippen LogP contribution in [0.4, 0.5) is 0 Å². The number of aryl methyl sites for hydroxylation is 1. The molecule has 0 fully saturated rings. The molecule has 0 saturated carbocycles. The minimum absolute atomic E-state index is 0.106. The first-order valence-electron chi connectivity index (χ1n) is 9.44. The monoisotopic (exact) mass is 404 g/mol. The molecule has 2 aromatic carbocycles. The predicted molar refractivity (Wildman–Crippen MR) is 110 cm³/mol. The fourth-order valence-corrected chi connectivity index (χ4v) is 4.05. The van der Waals surface area contributed by atoms with Gasteiger partial charge in [-0.2, -0.15) is 4.72 Å². The van der Waals surface area contributed by atoms with Crippen LogP contribution < -0.4 is 14.8 Å². The summed E-state index contributed by atoms with van der Waals surface area (Å²) < 4.78 is 33.8. The minimum Gasteiger partial charge on any atom is -0.494 e. The van der Waals surface area contributed by atoms with Crippen LogP contribution >= 0.6 is 0 Å². The van der Waals surface area contributed by atoms with E-state index in [1.165, 1.54) is 6.07 Å². The van der Waals surface area contributed by atoms with Gasteiger partial charge in [-0.25, -0.2) is 8.42 Å². The Morgan fingerprint density at radius 3 is 2.43 bits per heavy atom. The van der Waals surface area contributed by atoms with Crippen molar-refractivity contribution < 1.29 is 17.9 Å². The number of rotatable bonds is 10. The van der Waals surface area contributed by atoms with E-state index in [0.717, 1.165) is 17.5 Å². The van der Waals surface area contributed by atoms with Crippen molar-refractivity contribution >= 4 is 15.9 Å². The van der Waals surface area contributed by atoms with Gasteiger partial charge in [-0.3, -0.25) is 4.79 Å². The molecule has 0 aromatic heterocycles. The summed E-state index contributed by atoms with van der Waals surface area (Å²) in [5.41, 5.74) is 1.60. The molecule has 2 rings (SSSR count). The van der Waals surface area contributed by atoms with Gasteiger partial charge in [-0.1, -0.05) is 37.3 Å². The molecule has 6 nitrogen and oxygen atoms in total. The molecule has 1 atom stereocenters. The number of hydrogen-bond donors (Lipinski definition) is 2. The van der Waals surface area contributed by atoms with E-state index in [1.807, 2.05) is 44.2 Å². The highest BCUT2D eigenvalue weighted by molar-refractivity contribution is 7.89. The Hall–Kier alpha value is -2.38. The lowest BCUT2D eigenvalue weighted by molar-refractivity contribution is -0.122. The van der Waals surface area contributed by atoms with Crippen molar-refractivity contribution in [3.8, 4) is 5.75 Å². The summed E-state index contributed by atoms with van der Waals surface area (Å²) in [6, 6.07) is 13.1. The van der Waals surface area contributed by atoms with Gasteiger partial charge in [0.25, 0.3) is 0 Å². The van der Waals surface area contributed by atoms with E-state index in [1.54, 1.807) is 19.1 Å². The van der Waals surface area contributed by atoms with Gasteiger partial charge in [0.15, 0.2) is 0 Å². The average Bonchev–Trinajstić information content (AvgIpc) is 2.68.